The summed E-state index contributed by atoms with van der Waals surface area (Å²) in [5.41, 5.74) is 0.735. The van der Waals surface area contributed by atoms with E-state index in [0.29, 0.717) is 16.7 Å². The Balaban J connectivity index is 1.44. The molecular weight excluding hydrogens is 879 g/mol. The van der Waals surface area contributed by atoms with Crippen LogP contribution in [0.1, 0.15) is 77.5 Å². The molecule has 3 aliphatic rings. The van der Waals surface area contributed by atoms with Gasteiger partial charge in [0.2, 0.25) is 11.8 Å². The molecule has 0 aliphatic carbocycles. The fraction of sp³-hybridized carbons (Fsp3) is 0.628. The molecule has 21 nitrogen and oxygen atoms in total. The Bertz CT molecular complexity index is 2120. The topological polar surface area (TPSA) is 318 Å². The van der Waals surface area contributed by atoms with Crippen molar-refractivity contribution in [1.82, 2.24) is 15.1 Å². The number of imide groups is 1. The van der Waals surface area contributed by atoms with Crippen molar-refractivity contribution in [2.24, 2.45) is 17.3 Å². The molecule has 9 atom stereocenters. The Hall–Kier alpha value is -4.97. The third-order valence-electron chi connectivity index (χ3n) is 11.5. The number of ketones is 2. The smallest absolute Gasteiger partial charge is 0.335 e. The van der Waals surface area contributed by atoms with Crippen LogP contribution in [0, 0.1) is 17.3 Å². The van der Waals surface area contributed by atoms with E-state index in [1.54, 1.807) is 52.8 Å². The fourth-order valence-electron chi connectivity index (χ4n) is 7.64. The first-order valence-corrected chi connectivity index (χ1v) is 22.7. The van der Waals surface area contributed by atoms with Gasteiger partial charge < -0.3 is 44.9 Å². The van der Waals surface area contributed by atoms with E-state index in [-0.39, 0.29) is 45.3 Å². The third-order valence-corrected chi connectivity index (χ3v) is 12.2. The SMILES string of the molecule is CC(C)[C@H](CC(=O)CN1C(=O)[C@@H](N2C(=O)C=CC2=O)C[C@H]1COCCS(=O)(=O)O)C(=O)N[C@@H](C)C(=O)Cc1ccc(COC(=O)C(C)(C)C)c(CC[C@@H]2O[C@H](C(=O)O)[C@@H](O)[C@H](O)[C@H]2O)c1. The molecular formula is C43H59N3O18S. The van der Waals surface area contributed by atoms with Crippen molar-refractivity contribution in [3.8, 4) is 0 Å². The highest BCUT2D eigenvalue weighted by Crippen LogP contribution is 2.29. The Morgan fingerprint density at radius 2 is 1.60 bits per heavy atom. The van der Waals surface area contributed by atoms with Crippen LogP contribution in [0.4, 0.5) is 0 Å². The lowest BCUT2D eigenvalue weighted by molar-refractivity contribution is -0.228. The maximum absolute atomic E-state index is 13.7. The molecule has 6 N–H and O–H groups in total. The van der Waals surface area contributed by atoms with Crippen LogP contribution in [0.5, 0.6) is 0 Å². The molecule has 65 heavy (non-hydrogen) atoms. The standard InChI is InChI=1S/C43H59N3O18S/c1-22(2)29(18-28(47)19-45-27(21-62-13-14-65(59,60)61)17-30(40(45)55)46-33(49)11-12-34(46)50)39(54)44-23(3)31(48)16-24-7-8-26(20-63-42(58)43(4,5)6)25(15-24)9-10-32-35(51)36(52)37(53)38(64-32)41(56)57/h7-8,11-12,15,22-23,27,29-30,32,35-38,51-53H,9-10,13-14,16-21H2,1-6H3,(H,44,54)(H,56,57)(H,59,60,61)/t23-,27-,29-,30-,32-,35-,36+,37-,38-/m0/s1. The summed E-state index contributed by atoms with van der Waals surface area (Å²) in [6.07, 6.45) is -6.94. The molecule has 22 heteroatoms. The Morgan fingerprint density at radius 3 is 2.18 bits per heavy atom. The molecule has 2 saturated heterocycles. The Labute approximate surface area is 376 Å². The number of esters is 1. The molecule has 3 heterocycles. The molecule has 0 aromatic heterocycles. The van der Waals surface area contributed by atoms with Gasteiger partial charge in [-0.25, -0.2) is 4.79 Å². The first-order valence-electron chi connectivity index (χ1n) is 21.1. The van der Waals surface area contributed by atoms with E-state index in [0.717, 1.165) is 22.0 Å². The molecule has 0 saturated carbocycles. The lowest BCUT2D eigenvalue weighted by Crippen LogP contribution is -2.59. The number of hydrogen-bond acceptors (Lipinski definition) is 16. The molecule has 0 radical (unpaired) electrons. The monoisotopic (exact) mass is 937 g/mol. The van der Waals surface area contributed by atoms with Crippen molar-refractivity contribution in [2.75, 3.05) is 25.5 Å². The summed E-state index contributed by atoms with van der Waals surface area (Å²) in [7, 11) is -4.36. The van der Waals surface area contributed by atoms with Gasteiger partial charge in [-0.05, 0) is 63.1 Å². The van der Waals surface area contributed by atoms with E-state index in [4.69, 9.17) is 18.8 Å². The number of nitrogens with zero attached hydrogens (tertiary/aromatic N) is 2. The quantitative estimate of drug-likeness (QED) is 0.0362. The van der Waals surface area contributed by atoms with Gasteiger partial charge in [0, 0.05) is 37.3 Å². The van der Waals surface area contributed by atoms with E-state index in [2.05, 4.69) is 5.32 Å². The molecule has 0 bridgehead atoms. The second-order valence-corrected chi connectivity index (χ2v) is 19.5. The minimum atomic E-state index is -4.36. The van der Waals surface area contributed by atoms with Gasteiger partial charge in [0.05, 0.1) is 49.1 Å². The number of likely N-dealkylation sites (tertiary alicyclic amines) is 1. The van der Waals surface area contributed by atoms with Gasteiger partial charge >= 0.3 is 11.9 Å². The maximum atomic E-state index is 13.7. The van der Waals surface area contributed by atoms with Crippen LogP contribution in [0.25, 0.3) is 0 Å². The minimum Gasteiger partial charge on any atom is -0.479 e. The number of hydrogen-bond donors (Lipinski definition) is 6. The number of carbonyl (C=O) groups excluding carboxylic acids is 7. The summed E-state index contributed by atoms with van der Waals surface area (Å²) in [6.45, 7) is 8.43. The second kappa shape index (κ2) is 22.0. The molecule has 4 amide bonds. The van der Waals surface area contributed by atoms with Gasteiger partial charge in [0.15, 0.2) is 17.7 Å². The highest BCUT2D eigenvalue weighted by molar-refractivity contribution is 7.85. The van der Waals surface area contributed by atoms with E-state index < -0.39 is 142 Å². The van der Waals surface area contributed by atoms with Crippen LogP contribution in [0.2, 0.25) is 0 Å². The van der Waals surface area contributed by atoms with Crippen LogP contribution < -0.4 is 5.32 Å². The van der Waals surface area contributed by atoms with Crippen molar-refractivity contribution in [2.45, 2.75) is 129 Å². The predicted molar refractivity (Wildman–Crippen MR) is 225 cm³/mol. The van der Waals surface area contributed by atoms with E-state index >= 15 is 0 Å². The Kier molecular flexibility index (Phi) is 17.8. The zero-order valence-electron chi connectivity index (χ0n) is 37.1. The predicted octanol–water partition coefficient (Wildman–Crippen LogP) is -0.710. The number of ether oxygens (including phenoxy) is 3. The second-order valence-electron chi connectivity index (χ2n) is 18.0. The molecule has 0 unspecified atom stereocenters. The third kappa shape index (κ3) is 14.0. The van der Waals surface area contributed by atoms with E-state index in [1.807, 2.05) is 0 Å². The number of carbonyl (C=O) groups is 8. The van der Waals surface area contributed by atoms with Crippen LogP contribution in [-0.2, 0) is 82.1 Å². The maximum Gasteiger partial charge on any atom is 0.335 e. The van der Waals surface area contributed by atoms with Crippen molar-refractivity contribution < 1.29 is 86.0 Å². The summed E-state index contributed by atoms with van der Waals surface area (Å²) in [6, 6.07) is 1.71. The highest BCUT2D eigenvalue weighted by atomic mass is 32.2. The molecule has 2 fully saturated rings. The number of carboxylic acid groups (broad SMARTS) is 1. The van der Waals surface area contributed by atoms with Crippen LogP contribution in [-0.4, -0.2) is 164 Å². The van der Waals surface area contributed by atoms with E-state index in [9.17, 15) is 67.2 Å². The molecule has 1 aromatic rings. The van der Waals surface area contributed by atoms with Crippen LogP contribution in [0.15, 0.2) is 30.4 Å². The number of benzene rings is 1. The largest absolute Gasteiger partial charge is 0.479 e. The number of Topliss-reactive ketones (excluding diaryl/α,β-unsaturated/α-hetero) is 2. The van der Waals surface area contributed by atoms with Gasteiger partial charge in [0.25, 0.3) is 21.9 Å². The first kappa shape index (κ1) is 52.7. The van der Waals surface area contributed by atoms with Gasteiger partial charge in [0.1, 0.15) is 31.0 Å². The van der Waals surface area contributed by atoms with Gasteiger partial charge in [-0.1, -0.05) is 32.0 Å². The molecule has 1 aromatic carbocycles. The molecule has 0 spiro atoms. The zero-order valence-corrected chi connectivity index (χ0v) is 37.9. The van der Waals surface area contributed by atoms with Crippen molar-refractivity contribution in [1.29, 1.82) is 0 Å². The van der Waals surface area contributed by atoms with Gasteiger partial charge in [-0.2, -0.15) is 8.42 Å². The lowest BCUT2D eigenvalue weighted by atomic mass is 9.89. The number of aryl methyl sites for hydroxylation is 1. The summed E-state index contributed by atoms with van der Waals surface area (Å²) in [5.74, 6) is -7.97. The number of aliphatic carboxylic acids is 1. The zero-order chi connectivity index (χ0) is 48.7. The molecule has 4 rings (SSSR count). The van der Waals surface area contributed by atoms with Crippen LogP contribution in [0.3, 0.4) is 0 Å². The number of carboxylic acids is 1. The normalized spacial score (nSPS) is 24.7. The Morgan fingerprint density at radius 1 is 0.954 bits per heavy atom. The van der Waals surface area contributed by atoms with Crippen LogP contribution >= 0.6 is 0 Å². The molecule has 3 aliphatic heterocycles. The van der Waals surface area contributed by atoms with Crippen molar-refractivity contribution in [3.63, 3.8) is 0 Å². The van der Waals surface area contributed by atoms with Crippen molar-refractivity contribution >= 4 is 57.3 Å². The summed E-state index contributed by atoms with van der Waals surface area (Å²) >= 11 is 0. The number of aliphatic hydroxyl groups is 3. The lowest BCUT2D eigenvalue weighted by Gasteiger charge is -2.39. The summed E-state index contributed by atoms with van der Waals surface area (Å²) in [4.78, 5) is 105. The number of nitrogens with one attached hydrogen (secondary N) is 1. The molecule has 360 valence electrons. The summed E-state index contributed by atoms with van der Waals surface area (Å²) < 4.78 is 47.7. The number of aliphatic hydroxyl groups excluding tert-OH is 3. The summed E-state index contributed by atoms with van der Waals surface area (Å²) in [5, 5.41) is 43.2. The fourth-order valence-corrected chi connectivity index (χ4v) is 7.97. The van der Waals surface area contributed by atoms with Gasteiger partial charge in [-0.15, -0.1) is 0 Å². The minimum absolute atomic E-state index is 0.0403. The number of amides is 4. The highest BCUT2D eigenvalue weighted by Gasteiger charge is 2.48. The number of rotatable bonds is 22. The van der Waals surface area contributed by atoms with Gasteiger partial charge in [-0.3, -0.25) is 43.0 Å². The van der Waals surface area contributed by atoms with Crippen molar-refractivity contribution in [3.05, 3.63) is 47.0 Å². The average Bonchev–Trinajstić information content (AvgIpc) is 3.70. The van der Waals surface area contributed by atoms with E-state index in [1.165, 1.54) is 6.92 Å². The average molecular weight is 938 g/mol. The first-order chi connectivity index (χ1) is 30.2.